The molecular weight excluding hydrogens is 306 g/mol. The first kappa shape index (κ1) is 16.5. The number of carbonyl (C=O) groups excluding carboxylic acids is 2. The van der Waals surface area contributed by atoms with E-state index in [-0.39, 0.29) is 17.8 Å². The van der Waals surface area contributed by atoms with Crippen molar-refractivity contribution >= 4 is 22.9 Å². The SMILES string of the molecule is CCOC(=O)[C@H]1CCCN(C(=O)CCn2cnc3ccccc32)C1. The Hall–Kier alpha value is -2.37. The van der Waals surface area contributed by atoms with E-state index in [0.29, 0.717) is 26.1 Å². The number of hydrogen-bond donors (Lipinski definition) is 0. The lowest BCUT2D eigenvalue weighted by Gasteiger charge is -2.31. The zero-order chi connectivity index (χ0) is 16.9. The Kier molecular flexibility index (Phi) is 5.13. The van der Waals surface area contributed by atoms with Crippen molar-refractivity contribution in [1.29, 1.82) is 0 Å². The van der Waals surface area contributed by atoms with Crippen molar-refractivity contribution in [2.24, 2.45) is 5.92 Å². The molecular formula is C18H23N3O3. The highest BCUT2D eigenvalue weighted by Crippen LogP contribution is 2.19. The van der Waals surface area contributed by atoms with Crippen LogP contribution in [-0.4, -0.2) is 46.0 Å². The molecule has 0 bridgehead atoms. The van der Waals surface area contributed by atoms with Crippen LogP contribution >= 0.6 is 0 Å². The van der Waals surface area contributed by atoms with Gasteiger partial charge in [-0.15, -0.1) is 0 Å². The Bertz CT molecular complexity index is 725. The second-order valence-corrected chi connectivity index (χ2v) is 6.11. The van der Waals surface area contributed by atoms with Gasteiger partial charge in [0.25, 0.3) is 0 Å². The Balaban J connectivity index is 1.57. The van der Waals surface area contributed by atoms with Crippen molar-refractivity contribution in [3.05, 3.63) is 30.6 Å². The highest BCUT2D eigenvalue weighted by atomic mass is 16.5. The predicted octanol–water partition coefficient (Wildman–Crippen LogP) is 2.23. The normalized spacial score (nSPS) is 17.9. The second-order valence-electron chi connectivity index (χ2n) is 6.11. The molecule has 1 saturated heterocycles. The number of amides is 1. The second kappa shape index (κ2) is 7.47. The number of piperidine rings is 1. The van der Waals surface area contributed by atoms with Crippen LogP contribution < -0.4 is 0 Å². The third-order valence-electron chi connectivity index (χ3n) is 4.49. The number of hydrogen-bond acceptors (Lipinski definition) is 4. The predicted molar refractivity (Wildman–Crippen MR) is 90.3 cm³/mol. The lowest BCUT2D eigenvalue weighted by atomic mass is 9.98. The van der Waals surface area contributed by atoms with E-state index in [1.165, 1.54) is 0 Å². The van der Waals surface area contributed by atoms with Crippen molar-refractivity contribution in [3.8, 4) is 0 Å². The smallest absolute Gasteiger partial charge is 0.310 e. The molecule has 0 N–H and O–H groups in total. The standard InChI is InChI=1S/C18H23N3O3/c1-2-24-18(23)14-6-5-10-20(12-14)17(22)9-11-21-13-19-15-7-3-4-8-16(15)21/h3-4,7-8,13-14H,2,5-6,9-12H2,1H3/t14-/m0/s1. The average Bonchev–Trinajstić information content (AvgIpc) is 3.03. The summed E-state index contributed by atoms with van der Waals surface area (Å²) in [5.41, 5.74) is 1.97. The molecule has 6 heteroatoms. The number of fused-ring (bicyclic) bond motifs is 1. The molecule has 2 aromatic rings. The fourth-order valence-corrected chi connectivity index (χ4v) is 3.22. The summed E-state index contributed by atoms with van der Waals surface area (Å²) < 4.78 is 7.09. The minimum absolute atomic E-state index is 0.0850. The fourth-order valence-electron chi connectivity index (χ4n) is 3.22. The molecule has 0 radical (unpaired) electrons. The van der Waals surface area contributed by atoms with E-state index < -0.39 is 0 Å². The van der Waals surface area contributed by atoms with Gasteiger partial charge in [0.2, 0.25) is 5.91 Å². The average molecular weight is 329 g/mol. The van der Waals surface area contributed by atoms with Crippen molar-refractivity contribution in [2.75, 3.05) is 19.7 Å². The lowest BCUT2D eigenvalue weighted by molar-refractivity contribution is -0.151. The van der Waals surface area contributed by atoms with Gasteiger partial charge in [0.05, 0.1) is 29.9 Å². The molecule has 1 atom stereocenters. The van der Waals surface area contributed by atoms with E-state index in [9.17, 15) is 9.59 Å². The molecule has 0 saturated carbocycles. The van der Waals surface area contributed by atoms with Crippen molar-refractivity contribution in [1.82, 2.24) is 14.5 Å². The van der Waals surface area contributed by atoms with Gasteiger partial charge in [-0.1, -0.05) is 12.1 Å². The maximum atomic E-state index is 12.5. The first-order valence-corrected chi connectivity index (χ1v) is 8.53. The van der Waals surface area contributed by atoms with E-state index in [4.69, 9.17) is 4.74 Å². The van der Waals surface area contributed by atoms with Gasteiger partial charge < -0.3 is 14.2 Å². The number of esters is 1. The topological polar surface area (TPSA) is 64.4 Å². The molecule has 1 fully saturated rings. The van der Waals surface area contributed by atoms with Crippen molar-refractivity contribution < 1.29 is 14.3 Å². The van der Waals surface area contributed by atoms with Crippen LogP contribution in [0.5, 0.6) is 0 Å². The van der Waals surface area contributed by atoms with Crippen LogP contribution in [0.1, 0.15) is 26.2 Å². The minimum Gasteiger partial charge on any atom is -0.466 e. The zero-order valence-electron chi connectivity index (χ0n) is 14.0. The number of nitrogens with zero attached hydrogens (tertiary/aromatic N) is 3. The van der Waals surface area contributed by atoms with Crippen molar-refractivity contribution in [3.63, 3.8) is 0 Å². The van der Waals surface area contributed by atoms with Crippen LogP contribution in [0.15, 0.2) is 30.6 Å². The fraction of sp³-hybridized carbons (Fsp3) is 0.500. The quantitative estimate of drug-likeness (QED) is 0.789. The number of rotatable bonds is 5. The van der Waals surface area contributed by atoms with Gasteiger partial charge in [0, 0.05) is 26.1 Å². The Morgan fingerprint density at radius 3 is 3.00 bits per heavy atom. The summed E-state index contributed by atoms with van der Waals surface area (Å²) in [5, 5.41) is 0. The number of aryl methyl sites for hydroxylation is 1. The van der Waals surface area contributed by atoms with E-state index in [1.54, 1.807) is 18.2 Å². The van der Waals surface area contributed by atoms with E-state index in [0.717, 1.165) is 30.4 Å². The van der Waals surface area contributed by atoms with Gasteiger partial charge in [-0.05, 0) is 31.9 Å². The summed E-state index contributed by atoms with van der Waals surface area (Å²) in [6, 6.07) is 7.89. The summed E-state index contributed by atoms with van der Waals surface area (Å²) in [4.78, 5) is 30.5. The van der Waals surface area contributed by atoms with Crippen LogP contribution in [-0.2, 0) is 20.9 Å². The molecule has 6 nitrogen and oxygen atoms in total. The summed E-state index contributed by atoms with van der Waals surface area (Å²) >= 11 is 0. The molecule has 0 aliphatic carbocycles. The molecule has 1 amide bonds. The van der Waals surface area contributed by atoms with E-state index in [2.05, 4.69) is 4.98 Å². The highest BCUT2D eigenvalue weighted by molar-refractivity contribution is 5.79. The number of benzene rings is 1. The maximum absolute atomic E-state index is 12.5. The molecule has 0 spiro atoms. The van der Waals surface area contributed by atoms with Crippen LogP contribution in [0.3, 0.4) is 0 Å². The first-order valence-electron chi connectivity index (χ1n) is 8.53. The molecule has 3 rings (SSSR count). The molecule has 128 valence electrons. The van der Waals surface area contributed by atoms with Crippen LogP contribution in [0, 0.1) is 5.92 Å². The number of aromatic nitrogens is 2. The van der Waals surface area contributed by atoms with Crippen LogP contribution in [0.2, 0.25) is 0 Å². The number of carbonyl (C=O) groups is 2. The van der Waals surface area contributed by atoms with Gasteiger partial charge in [-0.3, -0.25) is 9.59 Å². The number of likely N-dealkylation sites (tertiary alicyclic amines) is 1. The lowest BCUT2D eigenvalue weighted by Crippen LogP contribution is -2.43. The molecule has 1 aromatic heterocycles. The summed E-state index contributed by atoms with van der Waals surface area (Å²) in [6.07, 6.45) is 3.84. The molecule has 1 aliphatic rings. The maximum Gasteiger partial charge on any atom is 0.310 e. The van der Waals surface area contributed by atoms with Crippen LogP contribution in [0.4, 0.5) is 0 Å². The largest absolute Gasteiger partial charge is 0.466 e. The van der Waals surface area contributed by atoms with E-state index in [1.807, 2.05) is 28.8 Å². The summed E-state index contributed by atoms with van der Waals surface area (Å²) in [7, 11) is 0. The number of ether oxygens (including phenoxy) is 1. The van der Waals surface area contributed by atoms with E-state index >= 15 is 0 Å². The van der Waals surface area contributed by atoms with Gasteiger partial charge >= 0.3 is 5.97 Å². The number of para-hydroxylation sites is 2. The molecule has 0 unspecified atom stereocenters. The first-order chi connectivity index (χ1) is 11.7. The number of imidazole rings is 1. The third kappa shape index (κ3) is 3.58. The van der Waals surface area contributed by atoms with Crippen molar-refractivity contribution in [2.45, 2.75) is 32.7 Å². The minimum atomic E-state index is -0.185. The molecule has 24 heavy (non-hydrogen) atoms. The van der Waals surface area contributed by atoms with Gasteiger partial charge in [0.15, 0.2) is 0 Å². The van der Waals surface area contributed by atoms with Gasteiger partial charge in [-0.2, -0.15) is 0 Å². The van der Waals surface area contributed by atoms with Crippen LogP contribution in [0.25, 0.3) is 11.0 Å². The van der Waals surface area contributed by atoms with Gasteiger partial charge in [-0.25, -0.2) is 4.98 Å². The summed E-state index contributed by atoms with van der Waals surface area (Å²) in [5.74, 6) is -0.283. The monoisotopic (exact) mass is 329 g/mol. The molecule has 2 heterocycles. The zero-order valence-corrected chi connectivity index (χ0v) is 14.0. The summed E-state index contributed by atoms with van der Waals surface area (Å²) in [6.45, 7) is 3.98. The highest BCUT2D eigenvalue weighted by Gasteiger charge is 2.29. The Morgan fingerprint density at radius 1 is 1.33 bits per heavy atom. The Labute approximate surface area is 141 Å². The van der Waals surface area contributed by atoms with Gasteiger partial charge in [0.1, 0.15) is 0 Å². The molecule has 1 aliphatic heterocycles. The third-order valence-corrected chi connectivity index (χ3v) is 4.49. The Morgan fingerprint density at radius 2 is 2.17 bits per heavy atom. The molecule has 1 aromatic carbocycles.